The summed E-state index contributed by atoms with van der Waals surface area (Å²) >= 11 is 0. The number of fused-ring (bicyclic) bond motifs is 1. The number of hydrogen-bond acceptors (Lipinski definition) is 8. The van der Waals surface area contributed by atoms with E-state index in [-0.39, 0.29) is 35.1 Å². The maximum absolute atomic E-state index is 12.7. The molecule has 2 aliphatic heterocycles. The molecular weight excluding hydrogens is 394 g/mol. The Kier molecular flexibility index (Phi) is 4.97. The molecule has 2 saturated heterocycles. The summed E-state index contributed by atoms with van der Waals surface area (Å²) in [4.78, 5) is 12.9. The molecule has 0 radical (unpaired) electrons. The Hall–Kier alpha value is -2.63. The number of aromatic nitrogens is 2. The second-order valence-electron chi connectivity index (χ2n) is 7.52. The first kappa shape index (κ1) is 19.7. The SMILES string of the molecule is CN1NC2NC(Nc3ccn(C)n3)CC(Nc3ccccc3S(C)(=O)=O)C2C1=O. The number of rotatable bonds is 5. The van der Waals surface area contributed by atoms with Gasteiger partial charge in [-0.15, -0.1) is 0 Å². The third kappa shape index (κ3) is 3.93. The van der Waals surface area contributed by atoms with Gasteiger partial charge in [0, 0.05) is 45.1 Å². The minimum absolute atomic E-state index is 0.0480. The molecule has 0 spiro atoms. The lowest BCUT2D eigenvalue weighted by Gasteiger charge is -2.38. The molecule has 4 unspecified atom stereocenters. The quantitative estimate of drug-likeness (QED) is 0.533. The molecule has 2 aromatic rings. The van der Waals surface area contributed by atoms with Crippen molar-refractivity contribution in [2.45, 2.75) is 29.7 Å². The van der Waals surface area contributed by atoms with Crippen LogP contribution in [0.5, 0.6) is 0 Å². The molecule has 156 valence electrons. The number of piperidine rings is 1. The van der Waals surface area contributed by atoms with Gasteiger partial charge in [-0.3, -0.25) is 19.8 Å². The molecule has 1 amide bonds. The van der Waals surface area contributed by atoms with Crippen molar-refractivity contribution in [3.05, 3.63) is 36.5 Å². The lowest BCUT2D eigenvalue weighted by Crippen LogP contribution is -2.60. The molecule has 4 rings (SSSR count). The Morgan fingerprint density at radius 3 is 2.62 bits per heavy atom. The summed E-state index contributed by atoms with van der Waals surface area (Å²) in [6.07, 6.45) is 3.13. The number of hydrazine groups is 1. The van der Waals surface area contributed by atoms with Gasteiger partial charge in [0.25, 0.3) is 0 Å². The highest BCUT2D eigenvalue weighted by atomic mass is 32.2. The number of carbonyl (C=O) groups is 1. The Balaban J connectivity index is 1.61. The fourth-order valence-corrected chi connectivity index (χ4v) is 4.83. The minimum atomic E-state index is -3.41. The number of anilines is 2. The maximum Gasteiger partial charge on any atom is 0.244 e. The third-order valence-electron chi connectivity index (χ3n) is 5.27. The highest BCUT2D eigenvalue weighted by Crippen LogP contribution is 2.31. The molecule has 4 N–H and O–H groups in total. The standard InChI is InChI=1S/C18H25N7O3S/c1-24-9-8-14(22-24)20-15-10-12(16-17(21-15)23-25(2)18(16)26)19-11-6-4-5-7-13(11)29(3,27)28/h4-9,12,15-17,19,21,23H,10H2,1-3H3,(H,20,22). The third-order valence-corrected chi connectivity index (χ3v) is 6.43. The number of para-hydroxylation sites is 1. The van der Waals surface area contributed by atoms with E-state index in [1.54, 1.807) is 36.0 Å². The van der Waals surface area contributed by atoms with Crippen LogP contribution in [-0.4, -0.2) is 60.8 Å². The van der Waals surface area contributed by atoms with Gasteiger partial charge in [-0.1, -0.05) is 12.1 Å². The van der Waals surface area contributed by atoms with Gasteiger partial charge in [-0.05, 0) is 12.1 Å². The van der Waals surface area contributed by atoms with Crippen molar-refractivity contribution >= 4 is 27.2 Å². The summed E-state index contributed by atoms with van der Waals surface area (Å²) in [6, 6.07) is 8.35. The van der Waals surface area contributed by atoms with E-state index < -0.39 is 9.84 Å². The summed E-state index contributed by atoms with van der Waals surface area (Å²) in [5.41, 5.74) is 3.64. The van der Waals surface area contributed by atoms with Gasteiger partial charge in [0.2, 0.25) is 5.91 Å². The minimum Gasteiger partial charge on any atom is -0.380 e. The van der Waals surface area contributed by atoms with E-state index in [0.29, 0.717) is 12.1 Å². The molecule has 0 bridgehead atoms. The monoisotopic (exact) mass is 419 g/mol. The number of aryl methyl sites for hydroxylation is 1. The lowest BCUT2D eigenvalue weighted by molar-refractivity contribution is -0.131. The zero-order valence-electron chi connectivity index (χ0n) is 16.5. The molecular formula is C18H25N7O3S. The summed E-state index contributed by atoms with van der Waals surface area (Å²) < 4.78 is 26.1. The number of nitrogens with zero attached hydrogens (tertiary/aromatic N) is 3. The Morgan fingerprint density at radius 1 is 1.17 bits per heavy atom. The molecule has 1 aromatic heterocycles. The molecule has 0 saturated carbocycles. The van der Waals surface area contributed by atoms with Gasteiger partial charge in [-0.25, -0.2) is 13.8 Å². The van der Waals surface area contributed by atoms with Crippen LogP contribution < -0.4 is 21.4 Å². The van der Waals surface area contributed by atoms with Gasteiger partial charge >= 0.3 is 0 Å². The Morgan fingerprint density at radius 2 is 1.93 bits per heavy atom. The zero-order chi connectivity index (χ0) is 20.8. The molecule has 4 atom stereocenters. The molecule has 1 aromatic carbocycles. The number of hydrogen-bond donors (Lipinski definition) is 4. The summed E-state index contributed by atoms with van der Waals surface area (Å²) in [5.74, 6) is 0.291. The van der Waals surface area contributed by atoms with Crippen molar-refractivity contribution in [3.63, 3.8) is 0 Å². The second-order valence-corrected chi connectivity index (χ2v) is 9.51. The Labute approximate surface area is 169 Å². The van der Waals surface area contributed by atoms with Crippen LogP contribution in [0.25, 0.3) is 0 Å². The van der Waals surface area contributed by atoms with Gasteiger partial charge in [0.05, 0.1) is 28.8 Å². The van der Waals surface area contributed by atoms with Crippen LogP contribution in [0.4, 0.5) is 11.5 Å². The predicted molar refractivity (Wildman–Crippen MR) is 109 cm³/mol. The number of benzene rings is 1. The van der Waals surface area contributed by atoms with Gasteiger partial charge < -0.3 is 10.6 Å². The number of carbonyl (C=O) groups excluding carboxylic acids is 1. The fraction of sp³-hybridized carbons (Fsp3) is 0.444. The first-order valence-electron chi connectivity index (χ1n) is 9.34. The smallest absolute Gasteiger partial charge is 0.244 e. The molecule has 2 fully saturated rings. The van der Waals surface area contributed by atoms with E-state index in [1.165, 1.54) is 11.3 Å². The lowest BCUT2D eigenvalue weighted by atomic mass is 9.88. The fourth-order valence-electron chi connectivity index (χ4n) is 3.98. The van der Waals surface area contributed by atoms with E-state index in [0.717, 1.165) is 5.82 Å². The molecule has 0 aliphatic carbocycles. The highest BCUT2D eigenvalue weighted by Gasteiger charge is 2.48. The normalized spacial score (nSPS) is 27.0. The van der Waals surface area contributed by atoms with Crippen molar-refractivity contribution in [2.75, 3.05) is 23.9 Å². The first-order valence-corrected chi connectivity index (χ1v) is 11.2. The van der Waals surface area contributed by atoms with Crippen LogP contribution >= 0.6 is 0 Å². The van der Waals surface area contributed by atoms with Gasteiger partial charge in [-0.2, -0.15) is 5.10 Å². The van der Waals surface area contributed by atoms with Crippen molar-refractivity contribution < 1.29 is 13.2 Å². The van der Waals surface area contributed by atoms with E-state index in [2.05, 4.69) is 26.5 Å². The molecule has 3 heterocycles. The van der Waals surface area contributed by atoms with Crippen LogP contribution in [0, 0.1) is 5.92 Å². The maximum atomic E-state index is 12.7. The average molecular weight is 420 g/mol. The van der Waals surface area contributed by atoms with Crippen molar-refractivity contribution in [3.8, 4) is 0 Å². The first-order chi connectivity index (χ1) is 13.7. The van der Waals surface area contributed by atoms with Crippen molar-refractivity contribution in [2.24, 2.45) is 13.0 Å². The van der Waals surface area contributed by atoms with E-state index in [1.807, 2.05) is 19.3 Å². The van der Waals surface area contributed by atoms with E-state index in [9.17, 15) is 13.2 Å². The predicted octanol–water partition coefficient (Wildman–Crippen LogP) is -0.0455. The molecule has 10 nitrogen and oxygen atoms in total. The summed E-state index contributed by atoms with van der Waals surface area (Å²) in [5, 5.41) is 15.9. The number of amides is 1. The van der Waals surface area contributed by atoms with Crippen LogP contribution in [0.3, 0.4) is 0 Å². The topological polar surface area (TPSA) is 120 Å². The molecule has 29 heavy (non-hydrogen) atoms. The summed E-state index contributed by atoms with van der Waals surface area (Å²) in [7, 11) is 0.120. The van der Waals surface area contributed by atoms with Crippen molar-refractivity contribution in [1.29, 1.82) is 0 Å². The van der Waals surface area contributed by atoms with Crippen LogP contribution in [-0.2, 0) is 21.7 Å². The average Bonchev–Trinajstić information content (AvgIpc) is 3.17. The molecule has 2 aliphatic rings. The van der Waals surface area contributed by atoms with Crippen molar-refractivity contribution in [1.82, 2.24) is 25.5 Å². The van der Waals surface area contributed by atoms with E-state index in [4.69, 9.17) is 0 Å². The van der Waals surface area contributed by atoms with E-state index >= 15 is 0 Å². The zero-order valence-corrected chi connectivity index (χ0v) is 17.3. The Bertz CT molecular complexity index is 1020. The van der Waals surface area contributed by atoms with Crippen LogP contribution in [0.2, 0.25) is 0 Å². The van der Waals surface area contributed by atoms with Crippen LogP contribution in [0.15, 0.2) is 41.4 Å². The number of nitrogens with one attached hydrogen (secondary N) is 4. The van der Waals surface area contributed by atoms with Crippen LogP contribution in [0.1, 0.15) is 6.42 Å². The summed E-state index contributed by atoms with van der Waals surface area (Å²) in [6.45, 7) is 0. The highest BCUT2D eigenvalue weighted by molar-refractivity contribution is 7.90. The van der Waals surface area contributed by atoms with Gasteiger partial charge in [0.15, 0.2) is 9.84 Å². The van der Waals surface area contributed by atoms with Gasteiger partial charge in [0.1, 0.15) is 5.82 Å². The second kappa shape index (κ2) is 7.32. The largest absolute Gasteiger partial charge is 0.380 e. The number of sulfone groups is 1. The molecule has 11 heteroatoms.